The Hall–Kier alpha value is -2.05. The van der Waals surface area contributed by atoms with Gasteiger partial charge in [0.25, 0.3) is 5.91 Å². The average molecular weight is 254 g/mol. The number of aromatic nitrogens is 2. The number of nitrogens with zero attached hydrogens (tertiary/aromatic N) is 2. The molecule has 0 aliphatic rings. The van der Waals surface area contributed by atoms with Crippen LogP contribution in [0.5, 0.6) is 0 Å². The zero-order valence-electron chi connectivity index (χ0n) is 11.0. The molecule has 0 bridgehead atoms. The van der Waals surface area contributed by atoms with Crippen molar-refractivity contribution in [2.45, 2.75) is 19.8 Å². The molecule has 1 amide bonds. The maximum Gasteiger partial charge on any atom is 0.325 e. The summed E-state index contributed by atoms with van der Waals surface area (Å²) in [6.07, 6.45) is 0. The molecule has 1 heterocycles. The monoisotopic (exact) mass is 254 g/mol. The lowest BCUT2D eigenvalue weighted by atomic mass is 10.1. The third kappa shape index (κ3) is 2.79. The van der Waals surface area contributed by atoms with Crippen LogP contribution in [0.3, 0.4) is 0 Å². The van der Waals surface area contributed by atoms with E-state index in [4.69, 9.17) is 5.73 Å². The van der Waals surface area contributed by atoms with Crippen LogP contribution in [0.4, 0.5) is 5.69 Å². The number of hydrogen-bond acceptors (Lipinski definition) is 5. The predicted molar refractivity (Wildman–Crippen MR) is 66.1 cm³/mol. The lowest BCUT2D eigenvalue weighted by Crippen LogP contribution is -2.33. The molecule has 100 valence electrons. The highest BCUT2D eigenvalue weighted by atomic mass is 16.5. The van der Waals surface area contributed by atoms with Gasteiger partial charge in [0.2, 0.25) is 0 Å². The number of methoxy groups -OCH3 is 1. The number of aromatic amines is 1. The van der Waals surface area contributed by atoms with Crippen molar-refractivity contribution in [3.8, 4) is 0 Å². The number of anilines is 1. The van der Waals surface area contributed by atoms with E-state index in [9.17, 15) is 9.59 Å². The number of esters is 1. The Morgan fingerprint density at radius 3 is 2.56 bits per heavy atom. The molecule has 0 aliphatic carbocycles. The fraction of sp³-hybridized carbons (Fsp3) is 0.545. The molecule has 0 spiro atoms. The summed E-state index contributed by atoms with van der Waals surface area (Å²) in [4.78, 5) is 24.3. The Labute approximate surface area is 105 Å². The van der Waals surface area contributed by atoms with Crippen molar-refractivity contribution in [3.63, 3.8) is 0 Å². The number of nitrogens with two attached hydrogens (primary N) is 1. The number of nitrogens with one attached hydrogen (secondary N) is 1. The minimum absolute atomic E-state index is 0.130. The number of H-pyrrole nitrogens is 1. The van der Waals surface area contributed by atoms with Crippen molar-refractivity contribution in [1.29, 1.82) is 0 Å². The number of hydrogen-bond donors (Lipinski definition) is 2. The summed E-state index contributed by atoms with van der Waals surface area (Å²) >= 11 is 0. The van der Waals surface area contributed by atoms with Gasteiger partial charge in [-0.3, -0.25) is 14.7 Å². The number of amides is 1. The van der Waals surface area contributed by atoms with E-state index >= 15 is 0 Å². The Balaban J connectivity index is 2.87. The van der Waals surface area contributed by atoms with Gasteiger partial charge in [-0.2, -0.15) is 5.10 Å². The van der Waals surface area contributed by atoms with Gasteiger partial charge in [-0.25, -0.2) is 0 Å². The first-order chi connectivity index (χ1) is 8.38. The molecule has 0 aromatic carbocycles. The van der Waals surface area contributed by atoms with Gasteiger partial charge < -0.3 is 15.4 Å². The first-order valence-electron chi connectivity index (χ1n) is 5.54. The van der Waals surface area contributed by atoms with Crippen LogP contribution in [-0.2, 0) is 9.53 Å². The van der Waals surface area contributed by atoms with Crippen LogP contribution < -0.4 is 5.73 Å². The fourth-order valence-corrected chi connectivity index (χ4v) is 1.48. The van der Waals surface area contributed by atoms with E-state index in [1.165, 1.54) is 19.1 Å². The smallest absolute Gasteiger partial charge is 0.325 e. The molecule has 0 saturated heterocycles. The predicted octanol–water partition coefficient (Wildman–Crippen LogP) is 0.360. The first kappa shape index (κ1) is 14.0. The van der Waals surface area contributed by atoms with Crippen LogP contribution in [0.25, 0.3) is 0 Å². The molecule has 1 rings (SSSR count). The minimum atomic E-state index is -0.496. The summed E-state index contributed by atoms with van der Waals surface area (Å²) in [5.41, 5.74) is 7.02. The molecule has 18 heavy (non-hydrogen) atoms. The molecule has 1 aromatic heterocycles. The molecule has 1 aromatic rings. The van der Waals surface area contributed by atoms with Crippen LogP contribution in [0.2, 0.25) is 0 Å². The Morgan fingerprint density at radius 1 is 1.50 bits per heavy atom. The summed E-state index contributed by atoms with van der Waals surface area (Å²) in [6, 6.07) is 0. The second-order valence-electron chi connectivity index (χ2n) is 4.29. The first-order valence-corrected chi connectivity index (χ1v) is 5.54. The zero-order chi connectivity index (χ0) is 13.9. The quantitative estimate of drug-likeness (QED) is 0.755. The number of nitrogen functional groups attached to an aromatic ring is 1. The summed E-state index contributed by atoms with van der Waals surface area (Å²) in [5, 5.41) is 6.64. The second kappa shape index (κ2) is 5.52. The summed E-state index contributed by atoms with van der Waals surface area (Å²) in [6.45, 7) is 3.74. The maximum atomic E-state index is 12.0. The fourth-order valence-electron chi connectivity index (χ4n) is 1.48. The summed E-state index contributed by atoms with van der Waals surface area (Å²) in [5.74, 6) is -0.768. The lowest BCUT2D eigenvalue weighted by molar-refractivity contribution is -0.141. The Morgan fingerprint density at radius 2 is 2.11 bits per heavy atom. The molecule has 0 fully saturated rings. The van der Waals surface area contributed by atoms with E-state index in [0.717, 1.165) is 0 Å². The molecule has 3 N–H and O–H groups in total. The van der Waals surface area contributed by atoms with Crippen LogP contribution >= 0.6 is 0 Å². The number of rotatable bonds is 4. The van der Waals surface area contributed by atoms with Crippen LogP contribution in [0, 0.1) is 0 Å². The lowest BCUT2D eigenvalue weighted by Gasteiger charge is -2.14. The number of carbonyl (C=O) groups is 2. The third-order valence-corrected chi connectivity index (χ3v) is 2.55. The van der Waals surface area contributed by atoms with Gasteiger partial charge in [0.05, 0.1) is 18.5 Å². The van der Waals surface area contributed by atoms with E-state index < -0.39 is 11.9 Å². The van der Waals surface area contributed by atoms with Crippen LogP contribution in [-0.4, -0.2) is 47.7 Å². The van der Waals surface area contributed by atoms with Crippen molar-refractivity contribution in [2.75, 3.05) is 26.4 Å². The molecule has 0 saturated carbocycles. The van der Waals surface area contributed by atoms with E-state index in [0.29, 0.717) is 11.4 Å². The summed E-state index contributed by atoms with van der Waals surface area (Å²) < 4.78 is 4.49. The molecular formula is C11H18N4O3. The maximum absolute atomic E-state index is 12.0. The molecule has 7 heteroatoms. The number of ether oxygens (including phenoxy) is 1. The van der Waals surface area contributed by atoms with Crippen molar-refractivity contribution in [2.24, 2.45) is 0 Å². The van der Waals surface area contributed by atoms with Gasteiger partial charge in [-0.1, -0.05) is 13.8 Å². The van der Waals surface area contributed by atoms with Crippen molar-refractivity contribution in [1.82, 2.24) is 15.1 Å². The normalized spacial score (nSPS) is 10.5. The number of carbonyl (C=O) groups excluding carboxylic acids is 2. The van der Waals surface area contributed by atoms with E-state index in [1.807, 2.05) is 13.8 Å². The highest BCUT2D eigenvalue weighted by Gasteiger charge is 2.23. The number of likely N-dealkylation sites (N-methyl/N-ethyl adjacent to an activating group) is 1. The molecule has 0 radical (unpaired) electrons. The highest BCUT2D eigenvalue weighted by molar-refractivity contribution is 5.98. The average Bonchev–Trinajstić information content (AvgIpc) is 2.69. The van der Waals surface area contributed by atoms with Gasteiger partial charge in [0.1, 0.15) is 6.54 Å². The van der Waals surface area contributed by atoms with Crippen molar-refractivity contribution < 1.29 is 14.3 Å². The van der Waals surface area contributed by atoms with Gasteiger partial charge in [0, 0.05) is 7.05 Å². The van der Waals surface area contributed by atoms with E-state index in [1.54, 1.807) is 0 Å². The van der Waals surface area contributed by atoms with Crippen molar-refractivity contribution >= 4 is 17.6 Å². The molecular weight excluding hydrogens is 236 g/mol. The highest BCUT2D eigenvalue weighted by Crippen LogP contribution is 2.22. The van der Waals surface area contributed by atoms with E-state index in [2.05, 4.69) is 14.9 Å². The molecule has 0 unspecified atom stereocenters. The summed E-state index contributed by atoms with van der Waals surface area (Å²) in [7, 11) is 2.75. The van der Waals surface area contributed by atoms with E-state index in [-0.39, 0.29) is 18.2 Å². The standard InChI is InChI=1S/C11H18N4O3/c1-6(2)9-8(12)10(14-13-9)11(17)15(3)5-7(16)18-4/h6H,5,12H2,1-4H3,(H,13,14). The zero-order valence-corrected chi connectivity index (χ0v) is 11.0. The van der Waals surface area contributed by atoms with Gasteiger partial charge in [-0.05, 0) is 5.92 Å². The topological polar surface area (TPSA) is 101 Å². The minimum Gasteiger partial charge on any atom is -0.468 e. The van der Waals surface area contributed by atoms with Crippen LogP contribution in [0.1, 0.15) is 35.9 Å². The Bertz CT molecular complexity index is 453. The molecule has 0 aliphatic heterocycles. The third-order valence-electron chi connectivity index (χ3n) is 2.55. The SMILES string of the molecule is COC(=O)CN(C)C(=O)c1n[nH]c(C(C)C)c1N. The van der Waals surface area contributed by atoms with Crippen LogP contribution in [0.15, 0.2) is 0 Å². The molecule has 0 atom stereocenters. The van der Waals surface area contributed by atoms with Gasteiger partial charge in [0.15, 0.2) is 5.69 Å². The largest absolute Gasteiger partial charge is 0.468 e. The van der Waals surface area contributed by atoms with Crippen molar-refractivity contribution in [3.05, 3.63) is 11.4 Å². The Kier molecular flexibility index (Phi) is 4.30. The second-order valence-corrected chi connectivity index (χ2v) is 4.29. The van der Waals surface area contributed by atoms with Gasteiger partial charge in [-0.15, -0.1) is 0 Å². The molecule has 7 nitrogen and oxygen atoms in total. The van der Waals surface area contributed by atoms with Gasteiger partial charge >= 0.3 is 5.97 Å².